The minimum absolute atomic E-state index is 0.887. The minimum atomic E-state index is 0.887. The van der Waals surface area contributed by atoms with Crippen LogP contribution in [-0.2, 0) is 0 Å². The standard InChI is InChI=1S/C7H7BrO/c8-4-1-2-7-3-5-9-6-7/h1-3,5-6H,4H2/b2-1+. The molecule has 1 aromatic heterocycles. The highest BCUT2D eigenvalue weighted by Gasteiger charge is 1.82. The van der Waals surface area contributed by atoms with Crippen molar-refractivity contribution in [2.75, 3.05) is 5.33 Å². The summed E-state index contributed by atoms with van der Waals surface area (Å²) in [6.45, 7) is 0. The molecule has 0 saturated heterocycles. The Morgan fingerprint density at radius 3 is 3.11 bits per heavy atom. The lowest BCUT2D eigenvalue weighted by molar-refractivity contribution is 0.567. The van der Waals surface area contributed by atoms with Crippen molar-refractivity contribution in [3.63, 3.8) is 0 Å². The van der Waals surface area contributed by atoms with Crippen LogP contribution < -0.4 is 0 Å². The summed E-state index contributed by atoms with van der Waals surface area (Å²) in [6.07, 6.45) is 7.39. The van der Waals surface area contributed by atoms with Crippen molar-refractivity contribution < 1.29 is 4.42 Å². The van der Waals surface area contributed by atoms with Crippen LogP contribution in [0.5, 0.6) is 0 Å². The maximum Gasteiger partial charge on any atom is 0.0974 e. The second-order valence-corrected chi connectivity index (χ2v) is 2.26. The van der Waals surface area contributed by atoms with E-state index in [4.69, 9.17) is 4.42 Å². The summed E-state index contributed by atoms with van der Waals surface area (Å²) < 4.78 is 4.84. The molecule has 0 atom stereocenters. The number of alkyl halides is 1. The zero-order chi connectivity index (χ0) is 6.53. The van der Waals surface area contributed by atoms with E-state index in [2.05, 4.69) is 15.9 Å². The van der Waals surface area contributed by atoms with Crippen LogP contribution in [0.2, 0.25) is 0 Å². The second-order valence-electron chi connectivity index (χ2n) is 1.61. The Balaban J connectivity index is 2.57. The van der Waals surface area contributed by atoms with E-state index < -0.39 is 0 Å². The zero-order valence-corrected chi connectivity index (χ0v) is 6.47. The van der Waals surface area contributed by atoms with Crippen LogP contribution in [-0.4, -0.2) is 5.33 Å². The van der Waals surface area contributed by atoms with E-state index in [0.717, 1.165) is 10.9 Å². The summed E-state index contributed by atoms with van der Waals surface area (Å²) in [4.78, 5) is 0. The van der Waals surface area contributed by atoms with Crippen LogP contribution >= 0.6 is 15.9 Å². The summed E-state index contributed by atoms with van der Waals surface area (Å²) in [7, 11) is 0. The van der Waals surface area contributed by atoms with Gasteiger partial charge in [-0.3, -0.25) is 0 Å². The van der Waals surface area contributed by atoms with Crippen LogP contribution in [0.1, 0.15) is 5.56 Å². The fraction of sp³-hybridized carbons (Fsp3) is 0.143. The number of halogens is 1. The minimum Gasteiger partial charge on any atom is -0.472 e. The molecule has 9 heavy (non-hydrogen) atoms. The first-order valence-electron chi connectivity index (χ1n) is 2.68. The fourth-order valence-corrected chi connectivity index (χ4v) is 0.737. The van der Waals surface area contributed by atoms with Gasteiger partial charge >= 0.3 is 0 Å². The van der Waals surface area contributed by atoms with Gasteiger partial charge in [0.15, 0.2) is 0 Å². The summed E-state index contributed by atoms with van der Waals surface area (Å²) in [5, 5.41) is 0.887. The van der Waals surface area contributed by atoms with E-state index in [0.29, 0.717) is 0 Å². The van der Waals surface area contributed by atoms with Gasteiger partial charge in [-0.1, -0.05) is 28.1 Å². The molecule has 0 saturated carbocycles. The highest BCUT2D eigenvalue weighted by atomic mass is 79.9. The van der Waals surface area contributed by atoms with Gasteiger partial charge in [0.1, 0.15) is 0 Å². The molecule has 0 aliphatic carbocycles. The molecule has 1 rings (SSSR count). The Morgan fingerprint density at radius 1 is 1.67 bits per heavy atom. The molecule has 0 amide bonds. The Kier molecular flexibility index (Phi) is 2.58. The van der Waals surface area contributed by atoms with Crippen LogP contribution in [0.25, 0.3) is 6.08 Å². The van der Waals surface area contributed by atoms with Crippen molar-refractivity contribution in [1.29, 1.82) is 0 Å². The molecule has 0 N–H and O–H groups in total. The van der Waals surface area contributed by atoms with Gasteiger partial charge in [0.05, 0.1) is 12.5 Å². The van der Waals surface area contributed by atoms with Crippen molar-refractivity contribution in [3.05, 3.63) is 30.2 Å². The van der Waals surface area contributed by atoms with E-state index in [1.807, 2.05) is 18.2 Å². The Labute approximate surface area is 62.5 Å². The largest absolute Gasteiger partial charge is 0.472 e. The summed E-state index contributed by atoms with van der Waals surface area (Å²) in [5.74, 6) is 0. The molecule has 1 aromatic rings. The maximum atomic E-state index is 4.84. The average Bonchev–Trinajstić information content (AvgIpc) is 2.34. The highest BCUT2D eigenvalue weighted by Crippen LogP contribution is 2.01. The molecule has 2 heteroatoms. The van der Waals surface area contributed by atoms with Crippen molar-refractivity contribution in [2.24, 2.45) is 0 Å². The molecular formula is C7H7BrO. The molecule has 0 unspecified atom stereocenters. The first-order chi connectivity index (χ1) is 4.43. The van der Waals surface area contributed by atoms with Gasteiger partial charge in [-0.2, -0.15) is 0 Å². The zero-order valence-electron chi connectivity index (χ0n) is 4.88. The molecule has 48 valence electrons. The van der Waals surface area contributed by atoms with E-state index >= 15 is 0 Å². The summed E-state index contributed by atoms with van der Waals surface area (Å²) in [6, 6.07) is 1.92. The third kappa shape index (κ3) is 2.06. The molecule has 0 bridgehead atoms. The molecule has 1 heterocycles. The predicted octanol–water partition coefficient (Wildman–Crippen LogP) is 2.69. The fourth-order valence-electron chi connectivity index (χ4n) is 0.550. The molecule has 0 aliphatic rings. The summed E-state index contributed by atoms with van der Waals surface area (Å²) in [5.41, 5.74) is 1.11. The quantitative estimate of drug-likeness (QED) is 0.648. The molecule has 0 fully saturated rings. The van der Waals surface area contributed by atoms with Gasteiger partial charge in [0.25, 0.3) is 0 Å². The van der Waals surface area contributed by atoms with Crippen molar-refractivity contribution in [3.8, 4) is 0 Å². The van der Waals surface area contributed by atoms with Crippen LogP contribution in [0, 0.1) is 0 Å². The SMILES string of the molecule is BrC/C=C/c1ccoc1. The van der Waals surface area contributed by atoms with Crippen molar-refractivity contribution >= 4 is 22.0 Å². The molecule has 0 aromatic carbocycles. The molecule has 0 aliphatic heterocycles. The molecular weight excluding hydrogens is 180 g/mol. The normalized spacial score (nSPS) is 10.8. The number of furan rings is 1. The average molecular weight is 187 g/mol. The topological polar surface area (TPSA) is 13.1 Å². The lowest BCUT2D eigenvalue weighted by Crippen LogP contribution is -1.60. The third-order valence-electron chi connectivity index (χ3n) is 0.943. The highest BCUT2D eigenvalue weighted by molar-refractivity contribution is 9.09. The van der Waals surface area contributed by atoms with Crippen LogP contribution in [0.4, 0.5) is 0 Å². The lowest BCUT2D eigenvalue weighted by atomic mass is 10.3. The smallest absolute Gasteiger partial charge is 0.0974 e. The van der Waals surface area contributed by atoms with Crippen LogP contribution in [0.15, 0.2) is 29.1 Å². The first kappa shape index (κ1) is 6.62. The van der Waals surface area contributed by atoms with Crippen LogP contribution in [0.3, 0.4) is 0 Å². The predicted molar refractivity (Wildman–Crippen MR) is 41.5 cm³/mol. The summed E-state index contributed by atoms with van der Waals surface area (Å²) >= 11 is 3.28. The van der Waals surface area contributed by atoms with Gasteiger partial charge in [-0.05, 0) is 6.07 Å². The van der Waals surface area contributed by atoms with Gasteiger partial charge < -0.3 is 4.42 Å². The second kappa shape index (κ2) is 3.51. The number of hydrogen-bond donors (Lipinski definition) is 0. The Hall–Kier alpha value is -0.500. The van der Waals surface area contributed by atoms with E-state index in [-0.39, 0.29) is 0 Å². The number of allylic oxidation sites excluding steroid dienone is 1. The Morgan fingerprint density at radius 2 is 2.56 bits per heavy atom. The van der Waals surface area contributed by atoms with Gasteiger partial charge in [-0.15, -0.1) is 0 Å². The third-order valence-corrected chi connectivity index (χ3v) is 1.32. The number of hydrogen-bond acceptors (Lipinski definition) is 1. The van der Waals surface area contributed by atoms with Gasteiger partial charge in [0.2, 0.25) is 0 Å². The number of rotatable bonds is 2. The van der Waals surface area contributed by atoms with E-state index in [1.54, 1.807) is 12.5 Å². The maximum absolute atomic E-state index is 4.84. The first-order valence-corrected chi connectivity index (χ1v) is 3.80. The molecule has 0 radical (unpaired) electrons. The van der Waals surface area contributed by atoms with Crippen molar-refractivity contribution in [1.82, 2.24) is 0 Å². The van der Waals surface area contributed by atoms with E-state index in [1.165, 1.54) is 0 Å². The lowest BCUT2D eigenvalue weighted by Gasteiger charge is -1.76. The van der Waals surface area contributed by atoms with Crippen molar-refractivity contribution in [2.45, 2.75) is 0 Å². The molecule has 0 spiro atoms. The van der Waals surface area contributed by atoms with E-state index in [9.17, 15) is 0 Å². The molecule has 1 nitrogen and oxygen atoms in total. The Bertz CT molecular complexity index is 177. The van der Waals surface area contributed by atoms with Gasteiger partial charge in [-0.25, -0.2) is 0 Å². The van der Waals surface area contributed by atoms with Gasteiger partial charge in [0, 0.05) is 10.9 Å². The monoisotopic (exact) mass is 186 g/mol.